The molecule has 0 aromatic heterocycles. The Hall–Kier alpha value is -1.89. The molecule has 3 rings (SSSR count). The van der Waals surface area contributed by atoms with Gasteiger partial charge in [0.1, 0.15) is 0 Å². The van der Waals surface area contributed by atoms with Gasteiger partial charge in [-0.1, -0.05) is 23.4 Å². The molecule has 2 aromatic rings. The standard InChI is InChI=1S/C16H13IN2O2/c17-12-7-5-11(6-8-12)16(20)19-10-9-14(18-21)13-3-1-2-4-15(13)19/h1-8,21H,9-10H2. The van der Waals surface area contributed by atoms with Gasteiger partial charge in [-0.25, -0.2) is 0 Å². The molecule has 0 aliphatic carbocycles. The Morgan fingerprint density at radius 1 is 1.14 bits per heavy atom. The van der Waals surface area contributed by atoms with E-state index in [2.05, 4.69) is 27.7 Å². The average Bonchev–Trinajstić information content (AvgIpc) is 2.54. The molecule has 0 spiro atoms. The van der Waals surface area contributed by atoms with Gasteiger partial charge in [-0.2, -0.15) is 0 Å². The van der Waals surface area contributed by atoms with Crippen LogP contribution >= 0.6 is 22.6 Å². The topological polar surface area (TPSA) is 52.9 Å². The molecular formula is C16H13IN2O2. The van der Waals surface area contributed by atoms with Crippen molar-refractivity contribution in [1.82, 2.24) is 0 Å². The second-order valence-electron chi connectivity index (χ2n) is 4.78. The minimum atomic E-state index is -0.0316. The van der Waals surface area contributed by atoms with Crippen molar-refractivity contribution in [3.05, 3.63) is 63.2 Å². The Bertz CT molecular complexity index is 710. The molecule has 1 aliphatic rings. The van der Waals surface area contributed by atoms with Crippen molar-refractivity contribution in [2.24, 2.45) is 5.16 Å². The normalized spacial score (nSPS) is 15.9. The Labute approximate surface area is 136 Å². The van der Waals surface area contributed by atoms with E-state index < -0.39 is 0 Å². The Morgan fingerprint density at radius 3 is 2.57 bits per heavy atom. The highest BCUT2D eigenvalue weighted by molar-refractivity contribution is 14.1. The quantitative estimate of drug-likeness (QED) is 0.459. The van der Waals surface area contributed by atoms with Crippen LogP contribution in [0.5, 0.6) is 0 Å². The third kappa shape index (κ3) is 2.65. The lowest BCUT2D eigenvalue weighted by molar-refractivity contribution is 0.0987. The van der Waals surface area contributed by atoms with Crippen LogP contribution in [0.2, 0.25) is 0 Å². The molecule has 0 bridgehead atoms. The van der Waals surface area contributed by atoms with E-state index in [-0.39, 0.29) is 5.91 Å². The molecule has 4 nitrogen and oxygen atoms in total. The van der Waals surface area contributed by atoms with Crippen molar-refractivity contribution in [3.63, 3.8) is 0 Å². The van der Waals surface area contributed by atoms with Gasteiger partial charge >= 0.3 is 0 Å². The van der Waals surface area contributed by atoms with E-state index >= 15 is 0 Å². The first-order chi connectivity index (χ1) is 10.2. The molecule has 0 radical (unpaired) electrons. The highest BCUT2D eigenvalue weighted by Crippen LogP contribution is 2.28. The summed E-state index contributed by atoms with van der Waals surface area (Å²) in [6.07, 6.45) is 0.545. The van der Waals surface area contributed by atoms with Crippen LogP contribution in [0, 0.1) is 3.57 Å². The van der Waals surface area contributed by atoms with Gasteiger partial charge in [-0.3, -0.25) is 4.79 Å². The number of amides is 1. The van der Waals surface area contributed by atoms with Crippen LogP contribution in [0.3, 0.4) is 0 Å². The summed E-state index contributed by atoms with van der Waals surface area (Å²) in [6, 6.07) is 15.0. The van der Waals surface area contributed by atoms with Gasteiger partial charge in [0.05, 0.1) is 11.4 Å². The fourth-order valence-electron chi connectivity index (χ4n) is 2.49. The summed E-state index contributed by atoms with van der Waals surface area (Å²) in [5, 5.41) is 12.4. The van der Waals surface area contributed by atoms with Gasteiger partial charge in [-0.15, -0.1) is 0 Å². The Morgan fingerprint density at radius 2 is 1.86 bits per heavy atom. The Kier molecular flexibility index (Phi) is 3.92. The summed E-state index contributed by atoms with van der Waals surface area (Å²) in [4.78, 5) is 14.4. The smallest absolute Gasteiger partial charge is 0.258 e. The molecule has 0 unspecified atom stereocenters. The number of hydrogen-bond acceptors (Lipinski definition) is 3. The van der Waals surface area contributed by atoms with Crippen LogP contribution in [-0.2, 0) is 0 Å². The summed E-state index contributed by atoms with van der Waals surface area (Å²) in [5.41, 5.74) is 2.89. The fraction of sp³-hybridized carbons (Fsp3) is 0.125. The van der Waals surface area contributed by atoms with Gasteiger partial charge in [0, 0.05) is 27.7 Å². The average molecular weight is 392 g/mol. The number of nitrogens with zero attached hydrogens (tertiary/aromatic N) is 2. The number of anilines is 1. The van der Waals surface area contributed by atoms with E-state index in [9.17, 15) is 4.79 Å². The van der Waals surface area contributed by atoms with Crippen molar-refractivity contribution >= 4 is 39.9 Å². The van der Waals surface area contributed by atoms with Gasteiger partial charge < -0.3 is 10.1 Å². The van der Waals surface area contributed by atoms with E-state index in [4.69, 9.17) is 5.21 Å². The number of benzene rings is 2. The highest BCUT2D eigenvalue weighted by atomic mass is 127. The Balaban J connectivity index is 2.00. The van der Waals surface area contributed by atoms with Gasteiger partial charge in [0.15, 0.2) is 0 Å². The fourth-order valence-corrected chi connectivity index (χ4v) is 2.85. The monoisotopic (exact) mass is 392 g/mol. The summed E-state index contributed by atoms with van der Waals surface area (Å²) in [5.74, 6) is -0.0316. The predicted octanol–water partition coefficient (Wildman–Crippen LogP) is 3.52. The number of fused-ring (bicyclic) bond motifs is 1. The maximum atomic E-state index is 12.7. The van der Waals surface area contributed by atoms with Gasteiger partial charge in [0.25, 0.3) is 5.91 Å². The molecule has 21 heavy (non-hydrogen) atoms. The van der Waals surface area contributed by atoms with E-state index in [0.717, 1.165) is 14.8 Å². The van der Waals surface area contributed by atoms with Crippen LogP contribution < -0.4 is 4.90 Å². The largest absolute Gasteiger partial charge is 0.411 e. The number of hydrogen-bond donors (Lipinski definition) is 1. The van der Waals surface area contributed by atoms with Crippen molar-refractivity contribution in [1.29, 1.82) is 0 Å². The number of rotatable bonds is 1. The third-order valence-electron chi connectivity index (χ3n) is 3.53. The molecule has 0 atom stereocenters. The van der Waals surface area contributed by atoms with Crippen LogP contribution in [0.15, 0.2) is 53.7 Å². The van der Waals surface area contributed by atoms with Crippen LogP contribution in [0.25, 0.3) is 0 Å². The number of oxime groups is 1. The molecule has 0 saturated heterocycles. The molecule has 1 aliphatic heterocycles. The second-order valence-corrected chi connectivity index (χ2v) is 6.02. The van der Waals surface area contributed by atoms with Gasteiger partial charge in [-0.05, 0) is 52.9 Å². The lowest BCUT2D eigenvalue weighted by Gasteiger charge is -2.29. The summed E-state index contributed by atoms with van der Waals surface area (Å²) >= 11 is 2.21. The van der Waals surface area contributed by atoms with E-state index in [1.54, 1.807) is 4.90 Å². The SMILES string of the molecule is O=C(c1ccc(I)cc1)N1CCC(=NO)c2ccccc21. The molecule has 0 saturated carbocycles. The maximum Gasteiger partial charge on any atom is 0.258 e. The van der Waals surface area contributed by atoms with Crippen molar-refractivity contribution in [2.45, 2.75) is 6.42 Å². The van der Waals surface area contributed by atoms with Gasteiger partial charge in [0.2, 0.25) is 0 Å². The number of para-hydroxylation sites is 1. The molecular weight excluding hydrogens is 379 g/mol. The first kappa shape index (κ1) is 14.1. The number of carbonyl (C=O) groups is 1. The van der Waals surface area contributed by atoms with Crippen molar-refractivity contribution in [2.75, 3.05) is 11.4 Å². The van der Waals surface area contributed by atoms with Crippen LogP contribution in [0.4, 0.5) is 5.69 Å². The molecule has 5 heteroatoms. The van der Waals surface area contributed by atoms with E-state index in [1.165, 1.54) is 0 Å². The number of halogens is 1. The minimum Gasteiger partial charge on any atom is -0.411 e. The van der Waals surface area contributed by atoms with E-state index in [0.29, 0.717) is 24.2 Å². The zero-order chi connectivity index (χ0) is 14.8. The first-order valence-electron chi connectivity index (χ1n) is 6.58. The zero-order valence-corrected chi connectivity index (χ0v) is 13.3. The summed E-state index contributed by atoms with van der Waals surface area (Å²) in [7, 11) is 0. The maximum absolute atomic E-state index is 12.7. The highest BCUT2D eigenvalue weighted by Gasteiger charge is 2.26. The molecule has 1 amide bonds. The molecule has 0 fully saturated rings. The first-order valence-corrected chi connectivity index (χ1v) is 7.66. The zero-order valence-electron chi connectivity index (χ0n) is 11.2. The van der Waals surface area contributed by atoms with E-state index in [1.807, 2.05) is 48.5 Å². The lowest BCUT2D eigenvalue weighted by Crippen LogP contribution is -2.37. The van der Waals surface area contributed by atoms with Crippen molar-refractivity contribution in [3.8, 4) is 0 Å². The number of carbonyl (C=O) groups excluding carboxylic acids is 1. The van der Waals surface area contributed by atoms with Crippen molar-refractivity contribution < 1.29 is 10.0 Å². The molecule has 106 valence electrons. The van der Waals surface area contributed by atoms with Crippen LogP contribution in [-0.4, -0.2) is 23.4 Å². The summed E-state index contributed by atoms with van der Waals surface area (Å²) < 4.78 is 1.10. The molecule has 2 aromatic carbocycles. The predicted molar refractivity (Wildman–Crippen MR) is 90.2 cm³/mol. The lowest BCUT2D eigenvalue weighted by atomic mass is 9.99. The minimum absolute atomic E-state index is 0.0316. The van der Waals surface area contributed by atoms with Crippen LogP contribution in [0.1, 0.15) is 22.3 Å². The molecule has 1 heterocycles. The molecule has 1 N–H and O–H groups in total. The second kappa shape index (κ2) is 5.85. The third-order valence-corrected chi connectivity index (χ3v) is 4.25. The summed E-state index contributed by atoms with van der Waals surface area (Å²) in [6.45, 7) is 0.515.